The minimum atomic E-state index is 0.107. The zero-order valence-corrected chi connectivity index (χ0v) is 12.3. The lowest BCUT2D eigenvalue weighted by molar-refractivity contribution is 0.0993. The van der Waals surface area contributed by atoms with E-state index in [2.05, 4.69) is 20.9 Å². The van der Waals surface area contributed by atoms with Crippen LogP contribution < -0.4 is 0 Å². The molecule has 0 aliphatic heterocycles. The van der Waals surface area contributed by atoms with Crippen molar-refractivity contribution in [2.24, 2.45) is 0 Å². The molecule has 0 saturated heterocycles. The molecular weight excluding hydrogens is 314 g/mol. The Morgan fingerprint density at radius 2 is 1.80 bits per heavy atom. The summed E-state index contributed by atoms with van der Waals surface area (Å²) >= 11 is 3.37. The van der Waals surface area contributed by atoms with E-state index >= 15 is 0 Å². The van der Waals surface area contributed by atoms with Crippen LogP contribution in [-0.4, -0.2) is 10.8 Å². The fourth-order valence-corrected chi connectivity index (χ4v) is 2.62. The van der Waals surface area contributed by atoms with Gasteiger partial charge in [0, 0.05) is 28.9 Å². The zero-order valence-electron chi connectivity index (χ0n) is 10.7. The van der Waals surface area contributed by atoms with Crippen LogP contribution in [0, 0.1) is 0 Å². The van der Waals surface area contributed by atoms with Crippen molar-refractivity contribution in [3.63, 3.8) is 0 Å². The third-order valence-electron chi connectivity index (χ3n) is 3.20. The van der Waals surface area contributed by atoms with Gasteiger partial charge in [-0.2, -0.15) is 0 Å². The van der Waals surface area contributed by atoms with Crippen molar-refractivity contribution in [2.45, 2.75) is 6.42 Å². The van der Waals surface area contributed by atoms with E-state index in [9.17, 15) is 4.79 Å². The largest absolute Gasteiger partial charge is 0.294 e. The minimum Gasteiger partial charge on any atom is -0.294 e. The molecule has 98 valence electrons. The number of hydrogen-bond donors (Lipinski definition) is 0. The molecule has 0 aliphatic carbocycles. The molecule has 0 spiro atoms. The molecule has 2 aromatic carbocycles. The molecular formula is C17H12BrNO. The molecule has 20 heavy (non-hydrogen) atoms. The van der Waals surface area contributed by atoms with Gasteiger partial charge in [0.05, 0.1) is 0 Å². The number of rotatable bonds is 3. The number of fused-ring (bicyclic) bond motifs is 1. The number of benzene rings is 2. The number of halogens is 1. The second kappa shape index (κ2) is 5.55. The Bertz CT molecular complexity index is 783. The summed E-state index contributed by atoms with van der Waals surface area (Å²) < 4.78 is 0.890. The second-order valence-electron chi connectivity index (χ2n) is 4.67. The molecule has 1 aromatic heterocycles. The summed E-state index contributed by atoms with van der Waals surface area (Å²) in [5.41, 5.74) is 1.65. The maximum atomic E-state index is 12.3. The Hall–Kier alpha value is -2.00. The number of carbonyl (C=O) groups is 1. The highest BCUT2D eigenvalue weighted by Crippen LogP contribution is 2.18. The molecule has 0 fully saturated rings. The maximum Gasteiger partial charge on any atom is 0.167 e. The van der Waals surface area contributed by atoms with Crippen molar-refractivity contribution in [1.29, 1.82) is 0 Å². The average Bonchev–Trinajstić information content (AvgIpc) is 2.47. The van der Waals surface area contributed by atoms with Gasteiger partial charge in [0.2, 0.25) is 0 Å². The second-order valence-corrected chi connectivity index (χ2v) is 5.59. The molecule has 3 aromatic rings. The van der Waals surface area contributed by atoms with E-state index in [1.807, 2.05) is 48.5 Å². The van der Waals surface area contributed by atoms with Crippen LogP contribution in [0.4, 0.5) is 0 Å². The fourth-order valence-electron chi connectivity index (χ4n) is 2.20. The highest BCUT2D eigenvalue weighted by atomic mass is 79.9. The summed E-state index contributed by atoms with van der Waals surface area (Å²) in [7, 11) is 0. The van der Waals surface area contributed by atoms with Crippen molar-refractivity contribution < 1.29 is 4.79 Å². The standard InChI is InChI=1S/C17H12BrNO/c18-16-7-12(10-19-11-16)8-17(20)15-6-5-13-3-1-2-4-14(13)9-15/h1-7,9-11H,8H2. The number of carbonyl (C=O) groups excluding carboxylic acids is 1. The third-order valence-corrected chi connectivity index (χ3v) is 3.63. The first-order valence-electron chi connectivity index (χ1n) is 6.34. The van der Waals surface area contributed by atoms with Gasteiger partial charge < -0.3 is 0 Å². The molecule has 0 amide bonds. The lowest BCUT2D eigenvalue weighted by Gasteiger charge is -2.04. The smallest absolute Gasteiger partial charge is 0.167 e. The molecule has 0 aliphatic rings. The molecule has 0 saturated carbocycles. The van der Waals surface area contributed by atoms with Gasteiger partial charge in [0.15, 0.2) is 5.78 Å². The fraction of sp³-hybridized carbons (Fsp3) is 0.0588. The van der Waals surface area contributed by atoms with Gasteiger partial charge in [-0.1, -0.05) is 36.4 Å². The van der Waals surface area contributed by atoms with Gasteiger partial charge in [-0.15, -0.1) is 0 Å². The number of pyridine rings is 1. The van der Waals surface area contributed by atoms with Gasteiger partial charge in [-0.3, -0.25) is 9.78 Å². The molecule has 1 heterocycles. The van der Waals surface area contributed by atoms with Crippen LogP contribution in [0.15, 0.2) is 65.4 Å². The van der Waals surface area contributed by atoms with Gasteiger partial charge in [-0.05, 0) is 44.4 Å². The molecule has 0 radical (unpaired) electrons. The molecule has 3 rings (SSSR count). The van der Waals surface area contributed by atoms with Crippen LogP contribution in [0.25, 0.3) is 10.8 Å². The first-order chi connectivity index (χ1) is 9.72. The predicted octanol–water partition coefficient (Wildman–Crippen LogP) is 4.42. The van der Waals surface area contributed by atoms with E-state index in [-0.39, 0.29) is 5.78 Å². The van der Waals surface area contributed by atoms with Gasteiger partial charge >= 0.3 is 0 Å². The van der Waals surface area contributed by atoms with Crippen LogP contribution in [-0.2, 0) is 6.42 Å². The molecule has 0 bridgehead atoms. The SMILES string of the molecule is O=C(Cc1cncc(Br)c1)c1ccc2ccccc2c1. The van der Waals surface area contributed by atoms with E-state index in [1.165, 1.54) is 0 Å². The summed E-state index contributed by atoms with van der Waals surface area (Å²) in [6.07, 6.45) is 3.80. The van der Waals surface area contributed by atoms with Crippen molar-refractivity contribution in [3.05, 3.63) is 76.5 Å². The van der Waals surface area contributed by atoms with Crippen molar-refractivity contribution >= 4 is 32.5 Å². The maximum absolute atomic E-state index is 12.3. The molecule has 0 atom stereocenters. The highest BCUT2D eigenvalue weighted by molar-refractivity contribution is 9.10. The van der Waals surface area contributed by atoms with Gasteiger partial charge in [0.25, 0.3) is 0 Å². The molecule has 0 N–H and O–H groups in total. The van der Waals surface area contributed by atoms with E-state index in [4.69, 9.17) is 0 Å². The normalized spacial score (nSPS) is 10.7. The summed E-state index contributed by atoms with van der Waals surface area (Å²) in [5.74, 6) is 0.107. The van der Waals surface area contributed by atoms with Crippen LogP contribution in [0.2, 0.25) is 0 Å². The average molecular weight is 326 g/mol. The first kappa shape index (κ1) is 13.0. The quantitative estimate of drug-likeness (QED) is 0.667. The van der Waals surface area contributed by atoms with Crippen molar-refractivity contribution in [3.8, 4) is 0 Å². The number of aromatic nitrogens is 1. The lowest BCUT2D eigenvalue weighted by Crippen LogP contribution is -2.03. The number of hydrogen-bond acceptors (Lipinski definition) is 2. The molecule has 0 unspecified atom stereocenters. The molecule has 3 heteroatoms. The Morgan fingerprint density at radius 1 is 1.00 bits per heavy atom. The highest BCUT2D eigenvalue weighted by Gasteiger charge is 2.08. The Labute approximate surface area is 125 Å². The van der Waals surface area contributed by atoms with Crippen LogP contribution in [0.3, 0.4) is 0 Å². The Kier molecular flexibility index (Phi) is 3.61. The van der Waals surface area contributed by atoms with Crippen molar-refractivity contribution in [2.75, 3.05) is 0 Å². The van der Waals surface area contributed by atoms with E-state index in [1.54, 1.807) is 12.4 Å². The van der Waals surface area contributed by atoms with Crippen molar-refractivity contribution in [1.82, 2.24) is 4.98 Å². The van der Waals surface area contributed by atoms with E-state index < -0.39 is 0 Å². The monoisotopic (exact) mass is 325 g/mol. The van der Waals surface area contributed by atoms with E-state index in [0.29, 0.717) is 6.42 Å². The van der Waals surface area contributed by atoms with Gasteiger partial charge in [0.1, 0.15) is 0 Å². The van der Waals surface area contributed by atoms with Crippen LogP contribution in [0.1, 0.15) is 15.9 Å². The number of Topliss-reactive ketones (excluding diaryl/α,β-unsaturated/α-hetero) is 1. The number of ketones is 1. The Morgan fingerprint density at radius 3 is 2.60 bits per heavy atom. The predicted molar refractivity (Wildman–Crippen MR) is 83.9 cm³/mol. The lowest BCUT2D eigenvalue weighted by atomic mass is 10.0. The van der Waals surface area contributed by atoms with Gasteiger partial charge in [-0.25, -0.2) is 0 Å². The minimum absolute atomic E-state index is 0.107. The third kappa shape index (κ3) is 2.78. The van der Waals surface area contributed by atoms with Crippen LogP contribution in [0.5, 0.6) is 0 Å². The first-order valence-corrected chi connectivity index (χ1v) is 7.13. The summed E-state index contributed by atoms with van der Waals surface area (Å²) in [4.78, 5) is 16.4. The van der Waals surface area contributed by atoms with E-state index in [0.717, 1.165) is 26.4 Å². The number of nitrogens with zero attached hydrogens (tertiary/aromatic N) is 1. The summed E-state index contributed by atoms with van der Waals surface area (Å²) in [6, 6.07) is 15.8. The summed E-state index contributed by atoms with van der Waals surface area (Å²) in [5, 5.41) is 2.24. The Balaban J connectivity index is 1.88. The zero-order chi connectivity index (χ0) is 13.9. The van der Waals surface area contributed by atoms with Crippen LogP contribution >= 0.6 is 15.9 Å². The summed E-state index contributed by atoms with van der Waals surface area (Å²) in [6.45, 7) is 0. The topological polar surface area (TPSA) is 30.0 Å². The molecule has 2 nitrogen and oxygen atoms in total.